The van der Waals surface area contributed by atoms with Crippen LogP contribution in [0.15, 0.2) is 0 Å². The minimum atomic E-state index is 0.397. The highest BCUT2D eigenvalue weighted by Gasteiger charge is 2.07. The quantitative estimate of drug-likeness (QED) is 0.561. The van der Waals surface area contributed by atoms with E-state index in [1.807, 2.05) is 0 Å². The Morgan fingerprint density at radius 1 is 1.00 bits per heavy atom. The first-order valence-corrected chi connectivity index (χ1v) is 6.75. The summed E-state index contributed by atoms with van der Waals surface area (Å²) in [6, 6.07) is 0.633. The summed E-state index contributed by atoms with van der Waals surface area (Å²) in [5.41, 5.74) is 0. The molecule has 16 heavy (non-hydrogen) atoms. The first kappa shape index (κ1) is 15.9. The van der Waals surface area contributed by atoms with Crippen LogP contribution < -0.4 is 0 Å². The van der Waals surface area contributed by atoms with E-state index in [9.17, 15) is 0 Å². The maximum absolute atomic E-state index is 5.80. The molecule has 0 aromatic heterocycles. The van der Waals surface area contributed by atoms with Gasteiger partial charge in [-0.2, -0.15) is 0 Å². The van der Waals surface area contributed by atoms with E-state index in [4.69, 9.17) is 4.74 Å². The molecule has 0 heterocycles. The number of ether oxygens (including phenoxy) is 1. The highest BCUT2D eigenvalue weighted by atomic mass is 16.5. The molecule has 0 radical (unpaired) electrons. The van der Waals surface area contributed by atoms with E-state index in [0.29, 0.717) is 12.1 Å². The summed E-state index contributed by atoms with van der Waals surface area (Å²) in [5.74, 6) is 0.797. The first-order valence-electron chi connectivity index (χ1n) is 6.75. The molecule has 1 atom stereocenters. The van der Waals surface area contributed by atoms with Gasteiger partial charge < -0.3 is 9.64 Å². The fourth-order valence-electron chi connectivity index (χ4n) is 1.50. The average molecular weight is 229 g/mol. The minimum Gasteiger partial charge on any atom is -0.378 e. The Morgan fingerprint density at radius 2 is 1.62 bits per heavy atom. The second kappa shape index (κ2) is 9.00. The molecule has 0 bridgehead atoms. The third-order valence-corrected chi connectivity index (χ3v) is 3.10. The third kappa shape index (κ3) is 9.17. The van der Waals surface area contributed by atoms with Crippen molar-refractivity contribution >= 4 is 0 Å². The molecule has 0 aliphatic rings. The Balaban J connectivity index is 3.41. The Bertz CT molecular complexity index is 157. The summed E-state index contributed by atoms with van der Waals surface area (Å²) < 4.78 is 5.80. The Kier molecular flexibility index (Phi) is 8.96. The fraction of sp³-hybridized carbons (Fsp3) is 1.00. The molecule has 0 aliphatic carbocycles. The lowest BCUT2D eigenvalue weighted by Crippen LogP contribution is -2.29. The molecule has 0 saturated heterocycles. The predicted molar refractivity (Wildman–Crippen MR) is 71.9 cm³/mol. The minimum absolute atomic E-state index is 0.397. The first-order chi connectivity index (χ1) is 7.43. The second-order valence-electron chi connectivity index (χ2n) is 5.58. The van der Waals surface area contributed by atoms with Crippen molar-refractivity contribution in [2.75, 3.05) is 20.2 Å². The van der Waals surface area contributed by atoms with Gasteiger partial charge in [-0.25, -0.2) is 0 Å². The van der Waals surface area contributed by atoms with E-state index < -0.39 is 0 Å². The number of nitrogens with zero attached hydrogens (tertiary/aromatic N) is 1. The largest absolute Gasteiger partial charge is 0.378 e. The molecular formula is C14H31NO. The van der Waals surface area contributed by atoms with Crippen molar-refractivity contribution in [3.8, 4) is 0 Å². The van der Waals surface area contributed by atoms with Gasteiger partial charge in [-0.05, 0) is 53.0 Å². The van der Waals surface area contributed by atoms with Crippen LogP contribution in [-0.2, 0) is 4.74 Å². The van der Waals surface area contributed by atoms with Crippen LogP contribution in [0.3, 0.4) is 0 Å². The summed E-state index contributed by atoms with van der Waals surface area (Å²) in [6.45, 7) is 13.2. The third-order valence-electron chi connectivity index (χ3n) is 3.10. The van der Waals surface area contributed by atoms with E-state index in [0.717, 1.165) is 25.5 Å². The van der Waals surface area contributed by atoms with Crippen molar-refractivity contribution < 1.29 is 4.74 Å². The van der Waals surface area contributed by atoms with Gasteiger partial charge in [0, 0.05) is 19.2 Å². The van der Waals surface area contributed by atoms with Crippen LogP contribution in [-0.4, -0.2) is 37.2 Å². The standard InChI is InChI=1S/C14H31NO/c1-12(2)8-7-11-16-14(5)9-10-15(6)13(3)4/h12-14H,7-11H2,1-6H3. The number of rotatable bonds is 9. The van der Waals surface area contributed by atoms with E-state index in [1.165, 1.54) is 12.8 Å². The van der Waals surface area contributed by atoms with Crippen LogP contribution in [0.2, 0.25) is 0 Å². The SMILES string of the molecule is CC(C)CCCOC(C)CCN(C)C(C)C. The highest BCUT2D eigenvalue weighted by molar-refractivity contribution is 4.60. The molecule has 0 aromatic carbocycles. The van der Waals surface area contributed by atoms with Crippen LogP contribution in [0.1, 0.15) is 53.9 Å². The van der Waals surface area contributed by atoms with Gasteiger partial charge in [0.05, 0.1) is 6.10 Å². The van der Waals surface area contributed by atoms with Gasteiger partial charge in [0.2, 0.25) is 0 Å². The smallest absolute Gasteiger partial charge is 0.0559 e. The molecule has 0 aromatic rings. The van der Waals surface area contributed by atoms with Gasteiger partial charge in [0.15, 0.2) is 0 Å². The van der Waals surface area contributed by atoms with Crippen molar-refractivity contribution in [2.45, 2.75) is 66.0 Å². The summed E-state index contributed by atoms with van der Waals surface area (Å²) in [7, 11) is 2.18. The maximum Gasteiger partial charge on any atom is 0.0559 e. The lowest BCUT2D eigenvalue weighted by Gasteiger charge is -2.23. The highest BCUT2D eigenvalue weighted by Crippen LogP contribution is 2.06. The molecule has 1 unspecified atom stereocenters. The van der Waals surface area contributed by atoms with Crippen molar-refractivity contribution in [1.82, 2.24) is 4.90 Å². The average Bonchev–Trinajstić information content (AvgIpc) is 2.20. The normalized spacial score (nSPS) is 14.1. The van der Waals surface area contributed by atoms with Crippen molar-refractivity contribution in [1.29, 1.82) is 0 Å². The molecular weight excluding hydrogens is 198 g/mol. The molecule has 0 spiro atoms. The molecule has 0 N–H and O–H groups in total. The summed E-state index contributed by atoms with van der Waals surface area (Å²) >= 11 is 0. The van der Waals surface area contributed by atoms with E-state index >= 15 is 0 Å². The molecule has 0 saturated carbocycles. The fourth-order valence-corrected chi connectivity index (χ4v) is 1.50. The zero-order valence-electron chi connectivity index (χ0n) is 12.1. The molecule has 0 aliphatic heterocycles. The van der Waals surface area contributed by atoms with Gasteiger partial charge in [-0.3, -0.25) is 0 Å². The zero-order valence-corrected chi connectivity index (χ0v) is 12.1. The summed E-state index contributed by atoms with van der Waals surface area (Å²) in [5, 5.41) is 0. The number of hydrogen-bond donors (Lipinski definition) is 0. The lowest BCUT2D eigenvalue weighted by atomic mass is 10.1. The van der Waals surface area contributed by atoms with Gasteiger partial charge in [-0.15, -0.1) is 0 Å². The van der Waals surface area contributed by atoms with Gasteiger partial charge >= 0.3 is 0 Å². The summed E-state index contributed by atoms with van der Waals surface area (Å²) in [4.78, 5) is 2.37. The van der Waals surface area contributed by atoms with Crippen molar-refractivity contribution in [3.63, 3.8) is 0 Å². The Morgan fingerprint density at radius 3 is 2.12 bits per heavy atom. The monoisotopic (exact) mass is 229 g/mol. The molecule has 2 nitrogen and oxygen atoms in total. The second-order valence-corrected chi connectivity index (χ2v) is 5.58. The van der Waals surface area contributed by atoms with E-state index in [2.05, 4.69) is 46.6 Å². The van der Waals surface area contributed by atoms with Crippen molar-refractivity contribution in [2.24, 2.45) is 5.92 Å². The van der Waals surface area contributed by atoms with Gasteiger partial charge in [-0.1, -0.05) is 13.8 Å². The van der Waals surface area contributed by atoms with Crippen LogP contribution >= 0.6 is 0 Å². The van der Waals surface area contributed by atoms with E-state index in [-0.39, 0.29) is 0 Å². The van der Waals surface area contributed by atoms with Crippen LogP contribution in [0.4, 0.5) is 0 Å². The van der Waals surface area contributed by atoms with Gasteiger partial charge in [0.1, 0.15) is 0 Å². The predicted octanol–water partition coefficient (Wildman–Crippen LogP) is 3.56. The van der Waals surface area contributed by atoms with Crippen LogP contribution in [0, 0.1) is 5.92 Å². The van der Waals surface area contributed by atoms with Crippen molar-refractivity contribution in [3.05, 3.63) is 0 Å². The number of hydrogen-bond acceptors (Lipinski definition) is 2. The molecule has 0 fully saturated rings. The zero-order chi connectivity index (χ0) is 12.6. The Labute approximate surface area is 102 Å². The molecule has 2 heteroatoms. The van der Waals surface area contributed by atoms with Crippen LogP contribution in [0.25, 0.3) is 0 Å². The topological polar surface area (TPSA) is 12.5 Å². The van der Waals surface area contributed by atoms with Gasteiger partial charge in [0.25, 0.3) is 0 Å². The molecule has 0 rings (SSSR count). The summed E-state index contributed by atoms with van der Waals surface area (Å²) in [6.07, 6.45) is 4.00. The lowest BCUT2D eigenvalue weighted by molar-refractivity contribution is 0.0484. The maximum atomic E-state index is 5.80. The molecule has 98 valence electrons. The van der Waals surface area contributed by atoms with Crippen LogP contribution in [0.5, 0.6) is 0 Å². The molecule has 0 amide bonds. The Hall–Kier alpha value is -0.0800. The van der Waals surface area contributed by atoms with E-state index in [1.54, 1.807) is 0 Å².